The van der Waals surface area contributed by atoms with Crippen LogP contribution in [-0.4, -0.2) is 49.4 Å². The fraction of sp³-hybridized carbons (Fsp3) is 0.389. The van der Waals surface area contributed by atoms with Gasteiger partial charge in [-0.15, -0.1) is 0 Å². The number of hydrogen-bond donors (Lipinski definition) is 0. The Kier molecular flexibility index (Phi) is 6.53. The molecule has 1 aliphatic heterocycles. The zero-order valence-electron chi connectivity index (χ0n) is 14.0. The van der Waals surface area contributed by atoms with E-state index in [-0.39, 0.29) is 0 Å². The largest absolute Gasteiger partial charge is 0.490 e. The minimum atomic E-state index is 0.346. The van der Waals surface area contributed by atoms with E-state index >= 15 is 0 Å². The maximum Gasteiger partial charge on any atom is 0.214 e. The van der Waals surface area contributed by atoms with Gasteiger partial charge in [-0.05, 0) is 18.2 Å². The molecule has 1 aromatic heterocycles. The number of pyridine rings is 1. The van der Waals surface area contributed by atoms with E-state index in [2.05, 4.69) is 31.9 Å². The van der Waals surface area contributed by atoms with Crippen LogP contribution in [0.5, 0.6) is 11.6 Å². The first-order valence-electron chi connectivity index (χ1n) is 8.06. The zero-order valence-corrected chi connectivity index (χ0v) is 16.3. The first-order valence-corrected chi connectivity index (χ1v) is 9.23. The summed E-state index contributed by atoms with van der Waals surface area (Å²) in [7, 11) is 1.75. The van der Waals surface area contributed by atoms with Crippen LogP contribution < -0.4 is 9.47 Å². The van der Waals surface area contributed by atoms with Crippen LogP contribution in [0.2, 0.25) is 5.15 Å². The average Bonchev–Trinajstić information content (AvgIpc) is 2.56. The molecule has 0 N–H and O–H groups in total. The lowest BCUT2D eigenvalue weighted by atomic mass is 10.1. The molecular weight excluding hydrogens is 408 g/mol. The molecule has 0 saturated carbocycles. The lowest BCUT2D eigenvalue weighted by molar-refractivity contribution is -0.0337. The Balaban J connectivity index is 1.51. The van der Waals surface area contributed by atoms with Crippen molar-refractivity contribution in [1.82, 2.24) is 9.88 Å². The molecule has 1 fully saturated rings. The van der Waals surface area contributed by atoms with Crippen LogP contribution in [-0.2, 0) is 11.3 Å². The Bertz CT molecular complexity index is 710. The minimum absolute atomic E-state index is 0.346. The number of likely N-dealkylation sites (tertiary alicyclic amines) is 1. The van der Waals surface area contributed by atoms with Crippen molar-refractivity contribution in [1.29, 1.82) is 0 Å². The second-order valence-corrected chi connectivity index (χ2v) is 7.10. The van der Waals surface area contributed by atoms with Gasteiger partial charge in [-0.25, -0.2) is 4.98 Å². The molecule has 0 spiro atoms. The number of methoxy groups -OCH3 is 1. The fourth-order valence-corrected chi connectivity index (χ4v) is 3.10. The molecule has 0 atom stereocenters. The van der Waals surface area contributed by atoms with Crippen molar-refractivity contribution in [3.05, 3.63) is 51.6 Å². The van der Waals surface area contributed by atoms with Gasteiger partial charge in [-0.2, -0.15) is 0 Å². The maximum absolute atomic E-state index is 5.92. The predicted molar refractivity (Wildman–Crippen MR) is 100 cm³/mol. The molecule has 1 aromatic carbocycles. The van der Waals surface area contributed by atoms with Crippen LogP contribution in [0.25, 0.3) is 0 Å². The SMILES string of the molecule is COC1CN(Cc2ccc(Br)cc2OCCOc2cccc(Cl)n2)C1. The van der Waals surface area contributed by atoms with Gasteiger partial charge in [-0.3, -0.25) is 4.90 Å². The Morgan fingerprint density at radius 3 is 2.76 bits per heavy atom. The van der Waals surface area contributed by atoms with E-state index in [9.17, 15) is 0 Å². The first-order chi connectivity index (χ1) is 12.1. The summed E-state index contributed by atoms with van der Waals surface area (Å²) in [5.41, 5.74) is 1.15. The van der Waals surface area contributed by atoms with Gasteiger partial charge < -0.3 is 14.2 Å². The van der Waals surface area contributed by atoms with Crippen LogP contribution in [0, 0.1) is 0 Å². The molecular formula is C18H20BrClN2O3. The van der Waals surface area contributed by atoms with Crippen LogP contribution in [0.3, 0.4) is 0 Å². The summed E-state index contributed by atoms with van der Waals surface area (Å²) < 4.78 is 17.8. The molecule has 0 unspecified atom stereocenters. The van der Waals surface area contributed by atoms with E-state index in [0.717, 1.165) is 35.4 Å². The quantitative estimate of drug-likeness (QED) is 0.474. The van der Waals surface area contributed by atoms with Crippen molar-refractivity contribution >= 4 is 27.5 Å². The third kappa shape index (κ3) is 5.31. The first kappa shape index (κ1) is 18.5. The molecule has 7 heteroatoms. The summed E-state index contributed by atoms with van der Waals surface area (Å²) in [6.45, 7) is 3.58. The van der Waals surface area contributed by atoms with Crippen molar-refractivity contribution in [3.63, 3.8) is 0 Å². The summed E-state index contributed by atoms with van der Waals surface area (Å²) in [5, 5.41) is 0.414. The molecule has 0 bridgehead atoms. The number of ether oxygens (including phenoxy) is 3. The highest BCUT2D eigenvalue weighted by molar-refractivity contribution is 9.10. The number of benzene rings is 1. The molecule has 2 aromatic rings. The number of rotatable bonds is 8. The van der Waals surface area contributed by atoms with E-state index < -0.39 is 0 Å². The normalized spacial score (nSPS) is 15.0. The minimum Gasteiger partial charge on any atom is -0.490 e. The molecule has 3 rings (SSSR count). The Hall–Kier alpha value is -1.34. The second kappa shape index (κ2) is 8.85. The van der Waals surface area contributed by atoms with E-state index in [0.29, 0.717) is 30.4 Å². The highest BCUT2D eigenvalue weighted by atomic mass is 79.9. The smallest absolute Gasteiger partial charge is 0.214 e. The maximum atomic E-state index is 5.92. The molecule has 0 amide bonds. The van der Waals surface area contributed by atoms with Gasteiger partial charge in [0.2, 0.25) is 5.88 Å². The lowest BCUT2D eigenvalue weighted by Crippen LogP contribution is -2.50. The number of hydrogen-bond acceptors (Lipinski definition) is 5. The second-order valence-electron chi connectivity index (χ2n) is 5.80. The van der Waals surface area contributed by atoms with Crippen LogP contribution >= 0.6 is 27.5 Å². The number of aromatic nitrogens is 1. The predicted octanol–water partition coefficient (Wildman–Crippen LogP) is 3.79. The van der Waals surface area contributed by atoms with Crippen LogP contribution in [0.1, 0.15) is 5.56 Å². The van der Waals surface area contributed by atoms with Crippen molar-refractivity contribution in [3.8, 4) is 11.6 Å². The molecule has 25 heavy (non-hydrogen) atoms. The van der Waals surface area contributed by atoms with Crippen LogP contribution in [0.4, 0.5) is 0 Å². The number of halogens is 2. The molecule has 2 heterocycles. The zero-order chi connectivity index (χ0) is 17.6. The highest BCUT2D eigenvalue weighted by Gasteiger charge is 2.26. The van der Waals surface area contributed by atoms with Gasteiger partial charge in [0.1, 0.15) is 24.1 Å². The Labute approximate surface area is 161 Å². The van der Waals surface area contributed by atoms with Crippen LogP contribution in [0.15, 0.2) is 40.9 Å². The van der Waals surface area contributed by atoms with Gasteiger partial charge in [0.05, 0.1) is 6.10 Å². The molecule has 5 nitrogen and oxygen atoms in total. The monoisotopic (exact) mass is 426 g/mol. The third-order valence-corrected chi connectivity index (χ3v) is 4.66. The van der Waals surface area contributed by atoms with E-state index in [1.54, 1.807) is 25.3 Å². The highest BCUT2D eigenvalue weighted by Crippen LogP contribution is 2.27. The molecule has 0 aliphatic carbocycles. The van der Waals surface area contributed by atoms with E-state index in [1.165, 1.54) is 0 Å². The Morgan fingerprint density at radius 1 is 1.20 bits per heavy atom. The summed E-state index contributed by atoms with van der Waals surface area (Å²) in [4.78, 5) is 6.41. The fourth-order valence-electron chi connectivity index (χ4n) is 2.60. The average molecular weight is 428 g/mol. The third-order valence-electron chi connectivity index (χ3n) is 3.96. The standard InChI is InChI=1S/C18H20BrClN2O3/c1-23-15-11-22(12-15)10-13-5-6-14(19)9-16(13)24-7-8-25-18-4-2-3-17(20)21-18/h2-6,9,15H,7-8,10-12H2,1H3. The number of nitrogens with zero attached hydrogens (tertiary/aromatic N) is 2. The summed E-state index contributed by atoms with van der Waals surface area (Å²) in [5.74, 6) is 1.36. The topological polar surface area (TPSA) is 43.8 Å². The lowest BCUT2D eigenvalue weighted by Gasteiger charge is -2.38. The van der Waals surface area contributed by atoms with Gasteiger partial charge in [0.15, 0.2) is 0 Å². The molecule has 134 valence electrons. The molecule has 0 radical (unpaired) electrons. The van der Waals surface area contributed by atoms with E-state index in [1.807, 2.05) is 12.1 Å². The van der Waals surface area contributed by atoms with Crippen molar-refractivity contribution in [2.75, 3.05) is 33.4 Å². The summed E-state index contributed by atoms with van der Waals surface area (Å²) in [6.07, 6.45) is 0.346. The van der Waals surface area contributed by atoms with Gasteiger partial charge in [0, 0.05) is 42.8 Å². The van der Waals surface area contributed by atoms with Crippen molar-refractivity contribution in [2.24, 2.45) is 0 Å². The van der Waals surface area contributed by atoms with Gasteiger partial charge >= 0.3 is 0 Å². The van der Waals surface area contributed by atoms with Gasteiger partial charge in [0.25, 0.3) is 0 Å². The summed E-state index contributed by atoms with van der Waals surface area (Å²) in [6, 6.07) is 11.4. The molecule has 1 aliphatic rings. The summed E-state index contributed by atoms with van der Waals surface area (Å²) >= 11 is 9.34. The van der Waals surface area contributed by atoms with Crippen molar-refractivity contribution in [2.45, 2.75) is 12.6 Å². The van der Waals surface area contributed by atoms with Gasteiger partial charge in [-0.1, -0.05) is 39.7 Å². The Morgan fingerprint density at radius 2 is 2.00 bits per heavy atom. The van der Waals surface area contributed by atoms with Crippen molar-refractivity contribution < 1.29 is 14.2 Å². The van der Waals surface area contributed by atoms with E-state index in [4.69, 9.17) is 25.8 Å². The molecule has 1 saturated heterocycles.